The number of hydrogen-bond acceptors (Lipinski definition) is 0. The normalized spacial score (nSPS) is 14.8. The maximum atomic E-state index is 12.8. The van der Waals surface area contributed by atoms with Crippen molar-refractivity contribution < 1.29 is 35.1 Å². The van der Waals surface area contributed by atoms with E-state index in [1.54, 1.807) is 0 Å². The molecule has 0 aliphatic heterocycles. The zero-order valence-electron chi connectivity index (χ0n) is 8.79. The predicted molar refractivity (Wildman–Crippen MR) is 50.6 cm³/mol. The standard InChI is InChI=1S/C10H5ClF8/c11-7(4-1-2-5(12)6(13)3-4)8(9(14,15)16)10(17,18)19/h1-3,7-8H. The zero-order valence-corrected chi connectivity index (χ0v) is 9.54. The summed E-state index contributed by atoms with van der Waals surface area (Å²) in [6.07, 6.45) is -11.3. The van der Waals surface area contributed by atoms with E-state index in [9.17, 15) is 35.1 Å². The minimum Gasteiger partial charge on any atom is -0.204 e. The molecule has 0 nitrogen and oxygen atoms in total. The van der Waals surface area contributed by atoms with Crippen LogP contribution in [0.5, 0.6) is 0 Å². The van der Waals surface area contributed by atoms with E-state index in [2.05, 4.69) is 0 Å². The zero-order chi connectivity index (χ0) is 15.0. The third-order valence-corrected chi connectivity index (χ3v) is 2.76. The molecule has 0 bridgehead atoms. The van der Waals surface area contributed by atoms with Crippen molar-refractivity contribution in [3.63, 3.8) is 0 Å². The lowest BCUT2D eigenvalue weighted by Crippen LogP contribution is -2.39. The van der Waals surface area contributed by atoms with E-state index in [-0.39, 0.29) is 6.07 Å². The Morgan fingerprint density at radius 3 is 1.68 bits per heavy atom. The van der Waals surface area contributed by atoms with Crippen molar-refractivity contribution in [3.8, 4) is 0 Å². The molecule has 1 unspecified atom stereocenters. The first-order valence-corrected chi connectivity index (χ1v) is 5.10. The highest BCUT2D eigenvalue weighted by Gasteiger charge is 2.60. The Morgan fingerprint density at radius 2 is 1.32 bits per heavy atom. The van der Waals surface area contributed by atoms with Crippen molar-refractivity contribution in [1.29, 1.82) is 0 Å². The highest BCUT2D eigenvalue weighted by Crippen LogP contribution is 2.49. The molecule has 0 fully saturated rings. The molecule has 108 valence electrons. The van der Waals surface area contributed by atoms with Crippen molar-refractivity contribution >= 4 is 11.6 Å². The molecule has 0 aliphatic carbocycles. The van der Waals surface area contributed by atoms with Crippen LogP contribution in [0, 0.1) is 17.6 Å². The Labute approximate surface area is 107 Å². The van der Waals surface area contributed by atoms with E-state index < -0.39 is 40.8 Å². The van der Waals surface area contributed by atoms with Crippen LogP contribution in [-0.2, 0) is 0 Å². The number of benzene rings is 1. The molecule has 1 atom stereocenters. The molecular weight excluding hydrogens is 308 g/mol. The monoisotopic (exact) mass is 312 g/mol. The fraction of sp³-hybridized carbons (Fsp3) is 0.400. The Morgan fingerprint density at radius 1 is 0.842 bits per heavy atom. The molecule has 0 saturated heterocycles. The van der Waals surface area contributed by atoms with Crippen molar-refractivity contribution in [1.82, 2.24) is 0 Å². The third-order valence-electron chi connectivity index (χ3n) is 2.26. The second-order valence-corrected chi connectivity index (χ2v) is 4.11. The van der Waals surface area contributed by atoms with Crippen LogP contribution in [0.2, 0.25) is 0 Å². The van der Waals surface area contributed by atoms with E-state index in [0.717, 1.165) is 0 Å². The summed E-state index contributed by atoms with van der Waals surface area (Å²) in [7, 11) is 0. The lowest BCUT2D eigenvalue weighted by molar-refractivity contribution is -0.284. The summed E-state index contributed by atoms with van der Waals surface area (Å²) in [5.74, 6) is -6.85. The van der Waals surface area contributed by atoms with Crippen LogP contribution < -0.4 is 0 Å². The van der Waals surface area contributed by atoms with E-state index in [1.165, 1.54) is 0 Å². The van der Waals surface area contributed by atoms with Crippen LogP contribution in [0.3, 0.4) is 0 Å². The Hall–Kier alpha value is -1.05. The van der Waals surface area contributed by atoms with E-state index in [4.69, 9.17) is 11.6 Å². The fourth-order valence-corrected chi connectivity index (χ4v) is 1.82. The quantitative estimate of drug-likeness (QED) is 0.533. The smallest absolute Gasteiger partial charge is 0.204 e. The van der Waals surface area contributed by atoms with Gasteiger partial charge in [-0.1, -0.05) is 6.07 Å². The highest BCUT2D eigenvalue weighted by molar-refractivity contribution is 6.21. The highest BCUT2D eigenvalue weighted by atomic mass is 35.5. The summed E-state index contributed by atoms with van der Waals surface area (Å²) in [6, 6.07) is 1.18. The largest absolute Gasteiger partial charge is 0.402 e. The molecule has 1 rings (SSSR count). The Bertz CT molecular complexity index is 436. The van der Waals surface area contributed by atoms with Gasteiger partial charge in [-0.2, -0.15) is 26.3 Å². The first kappa shape index (κ1) is 16.0. The van der Waals surface area contributed by atoms with Gasteiger partial charge in [-0.3, -0.25) is 0 Å². The minimum absolute atomic E-state index is 0.206. The summed E-state index contributed by atoms with van der Waals surface area (Å²) in [5, 5.41) is -2.60. The van der Waals surface area contributed by atoms with Gasteiger partial charge in [0, 0.05) is 0 Å². The van der Waals surface area contributed by atoms with Crippen LogP contribution in [0.1, 0.15) is 10.9 Å². The molecule has 0 heterocycles. The summed E-state index contributed by atoms with van der Waals surface area (Å²) in [4.78, 5) is 0. The SMILES string of the molecule is Fc1ccc(C(Cl)C(C(F)(F)F)C(F)(F)F)cc1F. The predicted octanol–water partition coefficient (Wildman–Crippen LogP) is 4.99. The van der Waals surface area contributed by atoms with Gasteiger partial charge in [-0.15, -0.1) is 11.6 Å². The maximum Gasteiger partial charge on any atom is 0.402 e. The van der Waals surface area contributed by atoms with Gasteiger partial charge in [0.2, 0.25) is 0 Å². The summed E-state index contributed by atoms with van der Waals surface area (Å²) >= 11 is 5.14. The van der Waals surface area contributed by atoms with Gasteiger partial charge < -0.3 is 0 Å². The third kappa shape index (κ3) is 3.71. The first-order chi connectivity index (χ1) is 8.44. The van der Waals surface area contributed by atoms with Crippen LogP contribution in [-0.4, -0.2) is 12.4 Å². The van der Waals surface area contributed by atoms with Gasteiger partial charge >= 0.3 is 12.4 Å². The van der Waals surface area contributed by atoms with Gasteiger partial charge in [0.05, 0.1) is 5.38 Å². The van der Waals surface area contributed by atoms with Crippen molar-refractivity contribution in [2.45, 2.75) is 17.7 Å². The Kier molecular flexibility index (Phi) is 4.33. The van der Waals surface area contributed by atoms with Gasteiger partial charge in [0.1, 0.15) is 0 Å². The van der Waals surface area contributed by atoms with Crippen LogP contribution in [0.4, 0.5) is 35.1 Å². The molecule has 0 aliphatic rings. The van der Waals surface area contributed by atoms with Crippen molar-refractivity contribution in [2.75, 3.05) is 0 Å². The van der Waals surface area contributed by atoms with E-state index in [1.807, 2.05) is 0 Å². The lowest BCUT2D eigenvalue weighted by Gasteiger charge is -2.27. The van der Waals surface area contributed by atoms with Crippen molar-refractivity contribution in [3.05, 3.63) is 35.4 Å². The molecule has 0 saturated carbocycles. The van der Waals surface area contributed by atoms with Crippen molar-refractivity contribution in [2.24, 2.45) is 5.92 Å². The van der Waals surface area contributed by atoms with Gasteiger partial charge in [0.25, 0.3) is 0 Å². The van der Waals surface area contributed by atoms with Gasteiger partial charge in [-0.05, 0) is 17.7 Å². The molecule has 1 aromatic rings. The Balaban J connectivity index is 3.20. The molecule has 19 heavy (non-hydrogen) atoms. The van der Waals surface area contributed by atoms with Crippen LogP contribution >= 0.6 is 11.6 Å². The second kappa shape index (κ2) is 5.15. The first-order valence-electron chi connectivity index (χ1n) is 4.67. The molecule has 0 amide bonds. The van der Waals surface area contributed by atoms with Crippen LogP contribution in [0.25, 0.3) is 0 Å². The molecule has 9 heteroatoms. The van der Waals surface area contributed by atoms with E-state index >= 15 is 0 Å². The second-order valence-electron chi connectivity index (χ2n) is 3.64. The molecular formula is C10H5ClF8. The number of rotatable bonds is 2. The number of hydrogen-bond donors (Lipinski definition) is 0. The van der Waals surface area contributed by atoms with Crippen LogP contribution in [0.15, 0.2) is 18.2 Å². The summed E-state index contributed by atoms with van der Waals surface area (Å²) in [6.45, 7) is 0. The average molecular weight is 313 g/mol. The summed E-state index contributed by atoms with van der Waals surface area (Å²) in [5.41, 5.74) is -0.805. The minimum atomic E-state index is -5.66. The number of alkyl halides is 7. The number of halogens is 9. The molecule has 0 spiro atoms. The topological polar surface area (TPSA) is 0 Å². The molecule has 0 N–H and O–H groups in total. The van der Waals surface area contributed by atoms with E-state index in [0.29, 0.717) is 12.1 Å². The van der Waals surface area contributed by atoms with Gasteiger partial charge in [-0.25, -0.2) is 8.78 Å². The molecule has 0 radical (unpaired) electrons. The molecule has 0 aromatic heterocycles. The maximum absolute atomic E-state index is 12.8. The summed E-state index contributed by atoms with van der Waals surface area (Å²) < 4.78 is 99.5. The van der Waals surface area contributed by atoms with Gasteiger partial charge in [0.15, 0.2) is 17.6 Å². The fourth-order valence-electron chi connectivity index (χ4n) is 1.39. The average Bonchev–Trinajstić information content (AvgIpc) is 2.17. The molecule has 1 aromatic carbocycles. The lowest BCUT2D eigenvalue weighted by atomic mass is 9.97.